The molecule has 0 saturated carbocycles. The average molecular weight is 234 g/mol. The molecule has 1 amide bonds. The van der Waals surface area contributed by atoms with Crippen LogP contribution < -0.4 is 11.3 Å². The quantitative estimate of drug-likeness (QED) is 0.612. The number of rotatable bonds is 3. The molecule has 1 aliphatic rings. The topological polar surface area (TPSA) is 71.2 Å². The third-order valence-electron chi connectivity index (χ3n) is 3.27. The highest BCUT2D eigenvalue weighted by Crippen LogP contribution is 2.22. The number of likely N-dealkylation sites (tertiary alicyclic amines) is 1. The highest BCUT2D eigenvalue weighted by Gasteiger charge is 2.27. The molecule has 92 valence electrons. The Bertz CT molecular complexity index is 390. The van der Waals surface area contributed by atoms with Crippen LogP contribution in [0.5, 0.6) is 0 Å². The van der Waals surface area contributed by atoms with E-state index in [9.17, 15) is 4.79 Å². The molecule has 2 rings (SSSR count). The first kappa shape index (κ1) is 11.9. The molecule has 1 saturated heterocycles. The minimum Gasteiger partial charge on any atom is -0.336 e. The van der Waals surface area contributed by atoms with Crippen molar-refractivity contribution in [2.24, 2.45) is 5.84 Å². The van der Waals surface area contributed by atoms with E-state index in [0.29, 0.717) is 17.4 Å². The van der Waals surface area contributed by atoms with Gasteiger partial charge in [-0.2, -0.15) is 0 Å². The van der Waals surface area contributed by atoms with Gasteiger partial charge >= 0.3 is 0 Å². The van der Waals surface area contributed by atoms with Crippen LogP contribution in [0, 0.1) is 0 Å². The fraction of sp³-hybridized carbons (Fsp3) is 0.500. The maximum atomic E-state index is 12.3. The lowest BCUT2D eigenvalue weighted by Crippen LogP contribution is -2.35. The lowest BCUT2D eigenvalue weighted by molar-refractivity contribution is 0.0733. The Morgan fingerprint density at radius 2 is 2.47 bits per heavy atom. The first-order valence-corrected chi connectivity index (χ1v) is 6.00. The molecule has 0 aliphatic carbocycles. The molecular weight excluding hydrogens is 216 g/mol. The fourth-order valence-corrected chi connectivity index (χ4v) is 2.30. The monoisotopic (exact) mass is 234 g/mol. The molecule has 0 radical (unpaired) electrons. The molecule has 0 spiro atoms. The van der Waals surface area contributed by atoms with E-state index in [0.717, 1.165) is 25.8 Å². The number of nitrogens with one attached hydrogen (secondary N) is 1. The molecule has 1 aromatic rings. The van der Waals surface area contributed by atoms with Crippen LogP contribution in [0.15, 0.2) is 18.3 Å². The highest BCUT2D eigenvalue weighted by molar-refractivity contribution is 5.94. The Kier molecular flexibility index (Phi) is 3.58. The van der Waals surface area contributed by atoms with Crippen LogP contribution in [0.2, 0.25) is 0 Å². The van der Waals surface area contributed by atoms with Crippen LogP contribution in [-0.4, -0.2) is 28.4 Å². The predicted octanol–water partition coefficient (Wildman–Crippen LogP) is 1.38. The van der Waals surface area contributed by atoms with Crippen LogP contribution in [0.4, 0.5) is 5.82 Å². The summed E-state index contributed by atoms with van der Waals surface area (Å²) in [7, 11) is 0. The minimum atomic E-state index is 0.0745. The lowest BCUT2D eigenvalue weighted by atomic mass is 10.1. The third-order valence-corrected chi connectivity index (χ3v) is 3.27. The Labute approximate surface area is 101 Å². The molecule has 17 heavy (non-hydrogen) atoms. The second-order valence-corrected chi connectivity index (χ2v) is 4.28. The summed E-state index contributed by atoms with van der Waals surface area (Å²) < 4.78 is 0. The van der Waals surface area contributed by atoms with Gasteiger partial charge in [0.25, 0.3) is 5.91 Å². The molecule has 1 atom stereocenters. The van der Waals surface area contributed by atoms with E-state index in [4.69, 9.17) is 5.84 Å². The Hall–Kier alpha value is -1.62. The van der Waals surface area contributed by atoms with Crippen molar-refractivity contribution in [2.45, 2.75) is 32.2 Å². The number of hydrogen-bond donors (Lipinski definition) is 2. The van der Waals surface area contributed by atoms with Crippen molar-refractivity contribution in [2.75, 3.05) is 12.0 Å². The van der Waals surface area contributed by atoms with Gasteiger partial charge in [0.15, 0.2) is 0 Å². The predicted molar refractivity (Wildman–Crippen MR) is 66.4 cm³/mol. The number of anilines is 1. The summed E-state index contributed by atoms with van der Waals surface area (Å²) in [6.45, 7) is 2.98. The van der Waals surface area contributed by atoms with Crippen molar-refractivity contribution in [1.29, 1.82) is 0 Å². The molecule has 5 nitrogen and oxygen atoms in total. The summed E-state index contributed by atoms with van der Waals surface area (Å²) in [5.74, 6) is 5.87. The van der Waals surface area contributed by atoms with Gasteiger partial charge in [-0.05, 0) is 31.4 Å². The Morgan fingerprint density at radius 3 is 3.06 bits per heavy atom. The van der Waals surface area contributed by atoms with Crippen molar-refractivity contribution in [3.8, 4) is 0 Å². The summed E-state index contributed by atoms with van der Waals surface area (Å²) in [5.41, 5.74) is 3.08. The summed E-state index contributed by atoms with van der Waals surface area (Å²) >= 11 is 0. The van der Waals surface area contributed by atoms with E-state index >= 15 is 0 Å². The number of hydrazine groups is 1. The molecule has 0 aromatic carbocycles. The zero-order valence-corrected chi connectivity index (χ0v) is 10.0. The van der Waals surface area contributed by atoms with Crippen molar-refractivity contribution in [1.82, 2.24) is 9.88 Å². The maximum absolute atomic E-state index is 12.3. The number of carbonyl (C=O) groups excluding carboxylic acids is 1. The van der Waals surface area contributed by atoms with E-state index in [2.05, 4.69) is 17.3 Å². The van der Waals surface area contributed by atoms with Crippen molar-refractivity contribution in [3.63, 3.8) is 0 Å². The number of pyridine rings is 1. The zero-order chi connectivity index (χ0) is 12.3. The second-order valence-electron chi connectivity index (χ2n) is 4.28. The molecule has 1 unspecified atom stereocenters. The number of hydrogen-bond acceptors (Lipinski definition) is 4. The van der Waals surface area contributed by atoms with Crippen LogP contribution in [0.1, 0.15) is 36.5 Å². The number of nitrogens with two attached hydrogens (primary N) is 1. The largest absolute Gasteiger partial charge is 0.336 e. The fourth-order valence-electron chi connectivity index (χ4n) is 2.30. The van der Waals surface area contributed by atoms with E-state index < -0.39 is 0 Å². The highest BCUT2D eigenvalue weighted by atomic mass is 16.2. The van der Waals surface area contributed by atoms with Crippen molar-refractivity contribution >= 4 is 11.7 Å². The van der Waals surface area contributed by atoms with Gasteiger partial charge in [-0.25, -0.2) is 10.8 Å². The Morgan fingerprint density at radius 1 is 1.65 bits per heavy atom. The number of aromatic nitrogens is 1. The van der Waals surface area contributed by atoms with Crippen molar-refractivity contribution < 1.29 is 4.79 Å². The third kappa shape index (κ3) is 2.39. The van der Waals surface area contributed by atoms with E-state index in [1.807, 2.05) is 4.90 Å². The average Bonchev–Trinajstić information content (AvgIpc) is 2.86. The molecule has 5 heteroatoms. The van der Waals surface area contributed by atoms with Gasteiger partial charge in [0.1, 0.15) is 5.82 Å². The van der Waals surface area contributed by atoms with Gasteiger partial charge in [0.05, 0.1) is 5.56 Å². The molecule has 2 heterocycles. The maximum Gasteiger partial charge on any atom is 0.255 e. The molecule has 0 bridgehead atoms. The first-order chi connectivity index (χ1) is 8.26. The molecule has 1 aromatic heterocycles. The number of nitrogen functional groups attached to an aromatic ring is 1. The van der Waals surface area contributed by atoms with E-state index in [1.165, 1.54) is 0 Å². The van der Waals surface area contributed by atoms with Crippen LogP contribution in [0.3, 0.4) is 0 Å². The number of amides is 1. The molecule has 3 N–H and O–H groups in total. The minimum absolute atomic E-state index is 0.0745. The standard InChI is InChI=1S/C12H18N4O/c1-2-10-4-3-7-16(10)12(17)9-5-6-11(15-13)14-8-9/h5-6,8,10H,2-4,7,13H2,1H3,(H,14,15). The van der Waals surface area contributed by atoms with E-state index in [1.54, 1.807) is 18.3 Å². The second kappa shape index (κ2) is 5.14. The summed E-state index contributed by atoms with van der Waals surface area (Å²) in [6.07, 6.45) is 4.79. The van der Waals surface area contributed by atoms with E-state index in [-0.39, 0.29) is 5.91 Å². The normalized spacial score (nSPS) is 19.4. The Balaban J connectivity index is 2.13. The van der Waals surface area contributed by atoms with Gasteiger partial charge in [-0.15, -0.1) is 0 Å². The van der Waals surface area contributed by atoms with Gasteiger partial charge in [-0.1, -0.05) is 6.92 Å². The van der Waals surface area contributed by atoms with Crippen molar-refractivity contribution in [3.05, 3.63) is 23.9 Å². The lowest BCUT2D eigenvalue weighted by Gasteiger charge is -2.23. The molecular formula is C12H18N4O. The van der Waals surface area contributed by atoms with Crippen LogP contribution >= 0.6 is 0 Å². The van der Waals surface area contributed by atoms with Crippen LogP contribution in [0.25, 0.3) is 0 Å². The number of carbonyl (C=O) groups is 1. The van der Waals surface area contributed by atoms with Gasteiger partial charge < -0.3 is 10.3 Å². The van der Waals surface area contributed by atoms with Crippen LogP contribution in [-0.2, 0) is 0 Å². The SMILES string of the molecule is CCC1CCCN1C(=O)c1ccc(NN)nc1. The molecule has 1 fully saturated rings. The number of nitrogens with zero attached hydrogens (tertiary/aromatic N) is 2. The molecule has 1 aliphatic heterocycles. The summed E-state index contributed by atoms with van der Waals surface area (Å²) in [6, 6.07) is 3.86. The summed E-state index contributed by atoms with van der Waals surface area (Å²) in [5, 5.41) is 0. The first-order valence-electron chi connectivity index (χ1n) is 6.00. The van der Waals surface area contributed by atoms with Gasteiger partial charge in [0.2, 0.25) is 0 Å². The zero-order valence-electron chi connectivity index (χ0n) is 10.0. The van der Waals surface area contributed by atoms with Gasteiger partial charge in [-0.3, -0.25) is 4.79 Å². The van der Waals surface area contributed by atoms with Gasteiger partial charge in [0, 0.05) is 18.8 Å². The summed E-state index contributed by atoms with van der Waals surface area (Å²) in [4.78, 5) is 18.3. The smallest absolute Gasteiger partial charge is 0.255 e.